The Labute approximate surface area is 130 Å². The molecule has 0 saturated carbocycles. The summed E-state index contributed by atoms with van der Waals surface area (Å²) in [5.74, 6) is -6.55. The number of aryl methyl sites for hydroxylation is 1. The van der Waals surface area contributed by atoms with Gasteiger partial charge < -0.3 is 15.3 Å². The Hall–Kier alpha value is -2.96. The fraction of sp³-hybridized carbons (Fsp3) is 0.250. The van der Waals surface area contributed by atoms with E-state index in [4.69, 9.17) is 5.11 Å². The summed E-state index contributed by atoms with van der Waals surface area (Å²) in [4.78, 5) is 46.9. The molecule has 2 atom stereocenters. The second-order valence-corrected chi connectivity index (χ2v) is 5.29. The van der Waals surface area contributed by atoms with E-state index in [0.717, 1.165) is 6.08 Å². The minimum atomic E-state index is -2.29. The van der Waals surface area contributed by atoms with Gasteiger partial charge in [-0.1, -0.05) is 12.6 Å². The van der Waals surface area contributed by atoms with Gasteiger partial charge in [-0.25, -0.2) is 4.79 Å². The Morgan fingerprint density at radius 2 is 1.83 bits per heavy atom. The lowest BCUT2D eigenvalue weighted by Gasteiger charge is -2.38. The highest BCUT2D eigenvalue weighted by Crippen LogP contribution is 2.43. The fourth-order valence-electron chi connectivity index (χ4n) is 3.17. The number of carboxylic acids is 3. The summed E-state index contributed by atoms with van der Waals surface area (Å²) in [7, 11) is 0. The van der Waals surface area contributed by atoms with Gasteiger partial charge in [0.05, 0.1) is 11.5 Å². The largest absolute Gasteiger partial charge is 0.481 e. The van der Waals surface area contributed by atoms with Crippen LogP contribution in [-0.4, -0.2) is 39.0 Å². The van der Waals surface area contributed by atoms with Crippen molar-refractivity contribution in [1.82, 2.24) is 0 Å². The SMILES string of the molecule is C=CC(=O)C1(C(=O)O)c2ccc(C(=O)O)cc2CCC1C(=O)O. The van der Waals surface area contributed by atoms with Gasteiger partial charge in [0.15, 0.2) is 11.2 Å². The van der Waals surface area contributed by atoms with E-state index < -0.39 is 35.0 Å². The Bertz CT molecular complexity index is 734. The first-order valence-electron chi connectivity index (χ1n) is 6.76. The van der Waals surface area contributed by atoms with Crippen LogP contribution in [0.25, 0.3) is 0 Å². The van der Waals surface area contributed by atoms with Crippen LogP contribution in [0.3, 0.4) is 0 Å². The zero-order valence-electron chi connectivity index (χ0n) is 12.0. The molecule has 0 fully saturated rings. The van der Waals surface area contributed by atoms with Gasteiger partial charge in [0.25, 0.3) is 0 Å². The second kappa shape index (κ2) is 5.68. The zero-order valence-corrected chi connectivity index (χ0v) is 12.0. The molecule has 7 nitrogen and oxygen atoms in total. The molecule has 120 valence electrons. The Balaban J connectivity index is 2.81. The number of carbonyl (C=O) groups excluding carboxylic acids is 1. The van der Waals surface area contributed by atoms with Gasteiger partial charge in [-0.2, -0.15) is 0 Å². The number of carboxylic acid groups (broad SMARTS) is 3. The van der Waals surface area contributed by atoms with Crippen molar-refractivity contribution in [2.75, 3.05) is 0 Å². The summed E-state index contributed by atoms with van der Waals surface area (Å²) < 4.78 is 0. The van der Waals surface area contributed by atoms with Crippen LogP contribution in [0.2, 0.25) is 0 Å². The molecule has 1 aromatic carbocycles. The van der Waals surface area contributed by atoms with E-state index in [1.54, 1.807) is 0 Å². The van der Waals surface area contributed by atoms with E-state index in [1.807, 2.05) is 0 Å². The molecule has 23 heavy (non-hydrogen) atoms. The third kappa shape index (κ3) is 2.30. The highest BCUT2D eigenvalue weighted by atomic mass is 16.4. The monoisotopic (exact) mass is 318 g/mol. The van der Waals surface area contributed by atoms with E-state index in [9.17, 15) is 29.4 Å². The summed E-state index contributed by atoms with van der Waals surface area (Å²) in [6.45, 7) is 3.28. The number of rotatable bonds is 5. The maximum absolute atomic E-state index is 12.3. The van der Waals surface area contributed by atoms with E-state index in [-0.39, 0.29) is 24.0 Å². The van der Waals surface area contributed by atoms with E-state index in [2.05, 4.69) is 6.58 Å². The van der Waals surface area contributed by atoms with Crippen molar-refractivity contribution in [3.8, 4) is 0 Å². The first-order valence-corrected chi connectivity index (χ1v) is 6.76. The summed E-state index contributed by atoms with van der Waals surface area (Å²) in [5.41, 5.74) is -1.99. The van der Waals surface area contributed by atoms with Crippen molar-refractivity contribution in [3.05, 3.63) is 47.5 Å². The minimum Gasteiger partial charge on any atom is -0.481 e. The number of carbonyl (C=O) groups is 4. The number of benzene rings is 1. The van der Waals surface area contributed by atoms with Crippen LogP contribution < -0.4 is 0 Å². The number of hydrogen-bond donors (Lipinski definition) is 3. The average Bonchev–Trinajstić information content (AvgIpc) is 2.51. The normalized spacial score (nSPS) is 22.7. The predicted octanol–water partition coefficient (Wildman–Crippen LogP) is 1.11. The molecule has 0 aromatic heterocycles. The molecular weight excluding hydrogens is 304 g/mol. The molecule has 0 bridgehead atoms. The van der Waals surface area contributed by atoms with Gasteiger partial charge in [0.1, 0.15) is 0 Å². The standard InChI is InChI=1S/C16H14O7/c1-2-12(17)16(15(22)23)10-5-4-9(13(18)19)7-8(10)3-6-11(16)14(20)21/h2,4-5,7,11H,1,3,6H2,(H,18,19)(H,20,21)(H,22,23). The third-order valence-electron chi connectivity index (χ3n) is 4.21. The van der Waals surface area contributed by atoms with Crippen molar-refractivity contribution in [2.24, 2.45) is 5.92 Å². The first-order chi connectivity index (χ1) is 10.8. The number of aliphatic carboxylic acids is 2. The molecule has 7 heteroatoms. The van der Waals surface area contributed by atoms with Gasteiger partial charge in [0.2, 0.25) is 0 Å². The summed E-state index contributed by atoms with van der Waals surface area (Å²) in [6.07, 6.45) is 0.883. The lowest BCUT2D eigenvalue weighted by Crippen LogP contribution is -2.54. The third-order valence-corrected chi connectivity index (χ3v) is 4.21. The smallest absolute Gasteiger partial charge is 0.335 e. The Morgan fingerprint density at radius 1 is 1.17 bits per heavy atom. The number of ketones is 1. The quantitative estimate of drug-likeness (QED) is 0.547. The molecule has 2 rings (SSSR count). The topological polar surface area (TPSA) is 129 Å². The van der Waals surface area contributed by atoms with Gasteiger partial charge in [-0.3, -0.25) is 14.4 Å². The molecule has 0 heterocycles. The molecule has 0 aliphatic heterocycles. The molecule has 0 radical (unpaired) electrons. The highest BCUT2D eigenvalue weighted by Gasteiger charge is 2.58. The minimum absolute atomic E-state index is 0.0125. The molecule has 1 aliphatic carbocycles. The Morgan fingerprint density at radius 3 is 2.30 bits per heavy atom. The number of aromatic carboxylic acids is 1. The van der Waals surface area contributed by atoms with Crippen molar-refractivity contribution < 1.29 is 34.5 Å². The molecular formula is C16H14O7. The Kier molecular flexibility index (Phi) is 4.05. The van der Waals surface area contributed by atoms with Crippen molar-refractivity contribution in [3.63, 3.8) is 0 Å². The van der Waals surface area contributed by atoms with Gasteiger partial charge in [0, 0.05) is 0 Å². The van der Waals surface area contributed by atoms with Gasteiger partial charge >= 0.3 is 17.9 Å². The van der Waals surface area contributed by atoms with Gasteiger partial charge in [-0.05, 0) is 42.2 Å². The molecule has 2 unspecified atom stereocenters. The van der Waals surface area contributed by atoms with Crippen LogP contribution in [0.15, 0.2) is 30.9 Å². The average molecular weight is 318 g/mol. The molecule has 0 saturated heterocycles. The number of allylic oxidation sites excluding steroid dienone is 1. The van der Waals surface area contributed by atoms with E-state index in [1.165, 1.54) is 18.2 Å². The molecule has 0 spiro atoms. The number of hydrogen-bond acceptors (Lipinski definition) is 4. The van der Waals surface area contributed by atoms with Crippen LogP contribution in [0.4, 0.5) is 0 Å². The predicted molar refractivity (Wildman–Crippen MR) is 77.4 cm³/mol. The molecule has 1 aromatic rings. The summed E-state index contributed by atoms with van der Waals surface area (Å²) >= 11 is 0. The van der Waals surface area contributed by atoms with Crippen LogP contribution >= 0.6 is 0 Å². The summed E-state index contributed by atoms with van der Waals surface area (Å²) in [5, 5.41) is 28.1. The van der Waals surface area contributed by atoms with Crippen molar-refractivity contribution in [1.29, 1.82) is 0 Å². The maximum atomic E-state index is 12.3. The second-order valence-electron chi connectivity index (χ2n) is 5.29. The van der Waals surface area contributed by atoms with Crippen LogP contribution in [0.5, 0.6) is 0 Å². The van der Waals surface area contributed by atoms with Crippen LogP contribution in [0, 0.1) is 5.92 Å². The molecule has 1 aliphatic rings. The summed E-state index contributed by atoms with van der Waals surface area (Å²) in [6, 6.07) is 3.66. The van der Waals surface area contributed by atoms with E-state index >= 15 is 0 Å². The highest BCUT2D eigenvalue weighted by molar-refractivity contribution is 6.16. The van der Waals surface area contributed by atoms with Crippen LogP contribution in [-0.2, 0) is 26.2 Å². The first kappa shape index (κ1) is 16.4. The number of fused-ring (bicyclic) bond motifs is 1. The van der Waals surface area contributed by atoms with Crippen molar-refractivity contribution in [2.45, 2.75) is 18.3 Å². The molecule has 0 amide bonds. The van der Waals surface area contributed by atoms with Crippen molar-refractivity contribution >= 4 is 23.7 Å². The van der Waals surface area contributed by atoms with Crippen LogP contribution in [0.1, 0.15) is 27.9 Å². The molecule has 3 N–H and O–H groups in total. The lowest BCUT2D eigenvalue weighted by atomic mass is 9.60. The zero-order chi connectivity index (χ0) is 17.4. The lowest BCUT2D eigenvalue weighted by molar-refractivity contribution is -0.160. The van der Waals surface area contributed by atoms with Gasteiger partial charge in [-0.15, -0.1) is 0 Å². The fourth-order valence-corrected chi connectivity index (χ4v) is 3.17. The maximum Gasteiger partial charge on any atom is 0.335 e. The van der Waals surface area contributed by atoms with E-state index in [0.29, 0.717) is 5.56 Å².